The van der Waals surface area contributed by atoms with Crippen LogP contribution in [0.2, 0.25) is 5.02 Å². The van der Waals surface area contributed by atoms with E-state index in [9.17, 15) is 0 Å². The topological polar surface area (TPSA) is 71.9 Å². The van der Waals surface area contributed by atoms with Crippen molar-refractivity contribution in [2.24, 2.45) is 0 Å². The summed E-state index contributed by atoms with van der Waals surface area (Å²) in [6.07, 6.45) is 1.46. The smallest absolute Gasteiger partial charge is 0.238 e. The summed E-state index contributed by atoms with van der Waals surface area (Å²) >= 11 is 5.97. The summed E-state index contributed by atoms with van der Waals surface area (Å²) in [6.45, 7) is 1.88. The quantitative estimate of drug-likeness (QED) is 0.898. The maximum atomic E-state index is 8.85. The lowest BCUT2D eigenvalue weighted by Crippen LogP contribution is -1.94. The summed E-state index contributed by atoms with van der Waals surface area (Å²) in [4.78, 5) is 4.01. The molecule has 0 radical (unpaired) electrons. The maximum Gasteiger partial charge on any atom is 0.238 e. The number of nitrogens with zero attached hydrogens (tertiary/aromatic N) is 2. The van der Waals surface area contributed by atoms with Gasteiger partial charge in [-0.25, -0.2) is 4.98 Å². The van der Waals surface area contributed by atoms with Crippen molar-refractivity contribution in [1.29, 1.82) is 5.26 Å². The highest BCUT2D eigenvalue weighted by molar-refractivity contribution is 6.32. The van der Waals surface area contributed by atoms with Gasteiger partial charge in [-0.2, -0.15) is 5.26 Å². The molecule has 1 heterocycles. The molecule has 90 valence electrons. The van der Waals surface area contributed by atoms with Crippen LogP contribution in [0.5, 0.6) is 11.6 Å². The van der Waals surface area contributed by atoms with Crippen LogP contribution < -0.4 is 10.5 Å². The average Bonchev–Trinajstić information content (AvgIpc) is 2.35. The number of aromatic nitrogens is 1. The number of hydrogen-bond donors (Lipinski definition) is 1. The van der Waals surface area contributed by atoms with Crippen LogP contribution in [0.1, 0.15) is 11.1 Å². The summed E-state index contributed by atoms with van der Waals surface area (Å²) in [5.74, 6) is 0.817. The molecule has 0 spiro atoms. The second-order valence-electron chi connectivity index (χ2n) is 3.75. The highest BCUT2D eigenvalue weighted by atomic mass is 35.5. The third kappa shape index (κ3) is 2.53. The van der Waals surface area contributed by atoms with Gasteiger partial charge in [0, 0.05) is 0 Å². The monoisotopic (exact) mass is 259 g/mol. The first-order valence-electron chi connectivity index (χ1n) is 5.20. The van der Waals surface area contributed by atoms with Gasteiger partial charge >= 0.3 is 0 Å². The molecule has 0 saturated carbocycles. The van der Waals surface area contributed by atoms with Gasteiger partial charge < -0.3 is 10.5 Å². The molecule has 2 aromatic rings. The van der Waals surface area contributed by atoms with E-state index in [1.54, 1.807) is 24.3 Å². The van der Waals surface area contributed by atoms with Gasteiger partial charge in [-0.05, 0) is 30.7 Å². The fraction of sp³-hybridized carbons (Fsp3) is 0.0769. The van der Waals surface area contributed by atoms with E-state index in [0.29, 0.717) is 22.0 Å². The van der Waals surface area contributed by atoms with Gasteiger partial charge in [0.1, 0.15) is 10.8 Å². The van der Waals surface area contributed by atoms with Crippen molar-refractivity contribution in [3.8, 4) is 17.7 Å². The number of hydrogen-bond acceptors (Lipinski definition) is 4. The molecule has 0 atom stereocenters. The Balaban J connectivity index is 2.37. The minimum absolute atomic E-state index is 0.268. The molecule has 0 amide bonds. The first kappa shape index (κ1) is 12.2. The fourth-order valence-electron chi connectivity index (χ4n) is 1.40. The van der Waals surface area contributed by atoms with E-state index in [1.807, 2.05) is 6.92 Å². The predicted octanol–water partition coefficient (Wildman–Crippen LogP) is 3.29. The number of nitrogen functional groups attached to an aromatic ring is 1. The molecule has 0 fully saturated rings. The van der Waals surface area contributed by atoms with Gasteiger partial charge in [-0.15, -0.1) is 0 Å². The van der Waals surface area contributed by atoms with Crippen molar-refractivity contribution in [1.82, 2.24) is 4.98 Å². The molecular weight excluding hydrogens is 250 g/mol. The molecule has 2 N–H and O–H groups in total. The zero-order chi connectivity index (χ0) is 13.1. The molecule has 4 nitrogen and oxygen atoms in total. The van der Waals surface area contributed by atoms with Crippen LogP contribution in [0.25, 0.3) is 0 Å². The number of benzene rings is 1. The second-order valence-corrected chi connectivity index (χ2v) is 4.16. The molecule has 1 aromatic heterocycles. The van der Waals surface area contributed by atoms with Gasteiger partial charge in [0.15, 0.2) is 0 Å². The molecule has 0 unspecified atom stereocenters. The van der Waals surface area contributed by atoms with Crippen molar-refractivity contribution in [2.45, 2.75) is 6.92 Å². The van der Waals surface area contributed by atoms with Crippen molar-refractivity contribution < 1.29 is 4.74 Å². The zero-order valence-electron chi connectivity index (χ0n) is 9.64. The van der Waals surface area contributed by atoms with Crippen molar-refractivity contribution in [2.75, 3.05) is 5.73 Å². The Bertz CT molecular complexity index is 635. The van der Waals surface area contributed by atoms with Crippen molar-refractivity contribution >= 4 is 17.3 Å². The standard InChI is InChI=1S/C13H10ClN3O/c1-8-2-3-9(6-15)4-12(8)18-13-11(14)5-10(16)7-17-13/h2-5,7H,16H2,1H3. The van der Waals surface area contributed by atoms with E-state index in [-0.39, 0.29) is 5.88 Å². The van der Waals surface area contributed by atoms with Crippen molar-refractivity contribution in [3.05, 3.63) is 46.6 Å². The molecule has 0 aliphatic heterocycles. The SMILES string of the molecule is Cc1ccc(C#N)cc1Oc1ncc(N)cc1Cl. The van der Waals surface area contributed by atoms with E-state index in [1.165, 1.54) is 6.20 Å². The van der Waals surface area contributed by atoms with E-state index in [2.05, 4.69) is 11.1 Å². The Labute approximate surface area is 110 Å². The summed E-state index contributed by atoms with van der Waals surface area (Å²) in [5, 5.41) is 9.18. The highest BCUT2D eigenvalue weighted by Crippen LogP contribution is 2.30. The highest BCUT2D eigenvalue weighted by Gasteiger charge is 2.08. The van der Waals surface area contributed by atoms with Gasteiger partial charge in [0.05, 0.1) is 23.5 Å². The van der Waals surface area contributed by atoms with Crippen LogP contribution in [0.3, 0.4) is 0 Å². The average molecular weight is 260 g/mol. The number of anilines is 1. The number of halogens is 1. The number of nitriles is 1. The third-order valence-electron chi connectivity index (χ3n) is 2.35. The van der Waals surface area contributed by atoms with Crippen LogP contribution in [0.15, 0.2) is 30.5 Å². The molecule has 0 aliphatic rings. The Morgan fingerprint density at radius 2 is 2.17 bits per heavy atom. The van der Waals surface area contributed by atoms with Crippen LogP contribution in [-0.2, 0) is 0 Å². The Morgan fingerprint density at radius 1 is 1.39 bits per heavy atom. The number of pyridine rings is 1. The van der Waals surface area contributed by atoms with Crippen LogP contribution in [0.4, 0.5) is 5.69 Å². The van der Waals surface area contributed by atoms with Gasteiger partial charge in [-0.1, -0.05) is 17.7 Å². The third-order valence-corrected chi connectivity index (χ3v) is 2.62. The van der Waals surface area contributed by atoms with Gasteiger partial charge in [-0.3, -0.25) is 0 Å². The van der Waals surface area contributed by atoms with Gasteiger partial charge in [0.2, 0.25) is 5.88 Å². The van der Waals surface area contributed by atoms with Crippen LogP contribution in [0, 0.1) is 18.3 Å². The summed E-state index contributed by atoms with van der Waals surface area (Å²) in [6, 6.07) is 8.78. The lowest BCUT2D eigenvalue weighted by atomic mass is 10.1. The second kappa shape index (κ2) is 4.94. The molecule has 5 heteroatoms. The zero-order valence-corrected chi connectivity index (χ0v) is 10.4. The minimum atomic E-state index is 0.268. The van der Waals surface area contributed by atoms with E-state index in [0.717, 1.165) is 5.56 Å². The van der Waals surface area contributed by atoms with Crippen molar-refractivity contribution in [3.63, 3.8) is 0 Å². The summed E-state index contributed by atoms with van der Waals surface area (Å²) in [5.41, 5.74) is 7.43. The lowest BCUT2D eigenvalue weighted by molar-refractivity contribution is 0.460. The molecule has 0 aliphatic carbocycles. The number of rotatable bonds is 2. The Morgan fingerprint density at radius 3 is 2.83 bits per heavy atom. The lowest BCUT2D eigenvalue weighted by Gasteiger charge is -2.09. The van der Waals surface area contributed by atoms with Gasteiger partial charge in [0.25, 0.3) is 0 Å². The first-order chi connectivity index (χ1) is 8.60. The molecular formula is C13H10ClN3O. The normalized spacial score (nSPS) is 9.83. The van der Waals surface area contributed by atoms with E-state index < -0.39 is 0 Å². The molecule has 0 bridgehead atoms. The maximum absolute atomic E-state index is 8.85. The summed E-state index contributed by atoms with van der Waals surface area (Å²) in [7, 11) is 0. The Hall–Kier alpha value is -2.25. The predicted molar refractivity (Wildman–Crippen MR) is 69.6 cm³/mol. The molecule has 0 saturated heterocycles. The summed E-state index contributed by atoms with van der Waals surface area (Å²) < 4.78 is 5.59. The minimum Gasteiger partial charge on any atom is -0.437 e. The first-order valence-corrected chi connectivity index (χ1v) is 5.57. The molecule has 2 rings (SSSR count). The largest absolute Gasteiger partial charge is 0.437 e. The van der Waals surface area contributed by atoms with E-state index in [4.69, 9.17) is 27.3 Å². The molecule has 18 heavy (non-hydrogen) atoms. The Kier molecular flexibility index (Phi) is 3.35. The fourth-order valence-corrected chi connectivity index (χ4v) is 1.61. The number of ether oxygens (including phenoxy) is 1. The number of aryl methyl sites for hydroxylation is 1. The van der Waals surface area contributed by atoms with Crippen LogP contribution in [-0.4, -0.2) is 4.98 Å². The van der Waals surface area contributed by atoms with E-state index >= 15 is 0 Å². The number of nitrogens with two attached hydrogens (primary N) is 1. The van der Waals surface area contributed by atoms with Crippen LogP contribution >= 0.6 is 11.6 Å². The molecule has 1 aromatic carbocycles.